The molecule has 0 aromatic carbocycles. The summed E-state index contributed by atoms with van der Waals surface area (Å²) < 4.78 is 9.87. The SMILES string of the molecule is CCN(C)CCOC(=O)CCC(=O)OCCNC. The molecule has 0 aromatic heterocycles. The van der Waals surface area contributed by atoms with Crippen molar-refractivity contribution in [3.63, 3.8) is 0 Å². The number of rotatable bonds is 10. The van der Waals surface area contributed by atoms with Gasteiger partial charge in [0.25, 0.3) is 0 Å². The Hall–Kier alpha value is -1.14. The number of nitrogens with one attached hydrogen (secondary N) is 1. The van der Waals surface area contributed by atoms with Gasteiger partial charge < -0.3 is 19.7 Å². The van der Waals surface area contributed by atoms with E-state index in [0.717, 1.165) is 6.54 Å². The maximum Gasteiger partial charge on any atom is 0.306 e. The second kappa shape index (κ2) is 11.0. The molecule has 0 rings (SSSR count). The summed E-state index contributed by atoms with van der Waals surface area (Å²) in [5.74, 6) is -0.724. The normalized spacial score (nSPS) is 10.4. The van der Waals surface area contributed by atoms with E-state index in [9.17, 15) is 9.59 Å². The van der Waals surface area contributed by atoms with E-state index in [4.69, 9.17) is 9.47 Å². The number of carbonyl (C=O) groups is 2. The van der Waals surface area contributed by atoms with Crippen LogP contribution in [0.5, 0.6) is 0 Å². The van der Waals surface area contributed by atoms with E-state index in [0.29, 0.717) is 26.3 Å². The quantitative estimate of drug-likeness (QED) is 0.441. The van der Waals surface area contributed by atoms with Crippen LogP contribution in [0.25, 0.3) is 0 Å². The van der Waals surface area contributed by atoms with Crippen molar-refractivity contribution in [1.29, 1.82) is 0 Å². The highest BCUT2D eigenvalue weighted by atomic mass is 16.5. The van der Waals surface area contributed by atoms with Crippen molar-refractivity contribution in [1.82, 2.24) is 10.2 Å². The predicted molar refractivity (Wildman–Crippen MR) is 68.2 cm³/mol. The average Bonchev–Trinajstić information content (AvgIpc) is 2.36. The van der Waals surface area contributed by atoms with Gasteiger partial charge in [0.05, 0.1) is 12.8 Å². The summed E-state index contributed by atoms with van der Waals surface area (Å²) in [6.45, 7) is 4.94. The van der Waals surface area contributed by atoms with Crippen molar-refractivity contribution in [3.8, 4) is 0 Å². The molecule has 0 aromatic rings. The maximum absolute atomic E-state index is 11.3. The summed E-state index contributed by atoms with van der Waals surface area (Å²) in [5.41, 5.74) is 0. The van der Waals surface area contributed by atoms with E-state index in [1.165, 1.54) is 0 Å². The Balaban J connectivity index is 3.49. The van der Waals surface area contributed by atoms with Crippen molar-refractivity contribution in [3.05, 3.63) is 0 Å². The van der Waals surface area contributed by atoms with E-state index in [1.807, 2.05) is 18.9 Å². The number of hydrogen-bond acceptors (Lipinski definition) is 6. The number of ether oxygens (including phenoxy) is 2. The summed E-state index contributed by atoms with van der Waals surface area (Å²) in [6, 6.07) is 0. The van der Waals surface area contributed by atoms with Gasteiger partial charge in [-0.2, -0.15) is 0 Å². The Labute approximate surface area is 109 Å². The Morgan fingerprint density at radius 1 is 1.11 bits per heavy atom. The zero-order valence-corrected chi connectivity index (χ0v) is 11.5. The molecule has 0 heterocycles. The Kier molecular flexibility index (Phi) is 10.3. The summed E-state index contributed by atoms with van der Waals surface area (Å²) in [5, 5.41) is 2.86. The minimum Gasteiger partial charge on any atom is -0.464 e. The van der Waals surface area contributed by atoms with E-state index in [-0.39, 0.29) is 24.8 Å². The van der Waals surface area contributed by atoms with Crippen LogP contribution in [-0.4, -0.2) is 63.8 Å². The van der Waals surface area contributed by atoms with Crippen LogP contribution in [-0.2, 0) is 19.1 Å². The van der Waals surface area contributed by atoms with Gasteiger partial charge in [0.1, 0.15) is 13.2 Å². The lowest BCUT2D eigenvalue weighted by molar-refractivity contribution is -0.150. The second-order valence-corrected chi connectivity index (χ2v) is 3.94. The van der Waals surface area contributed by atoms with Crippen molar-refractivity contribution < 1.29 is 19.1 Å². The molecule has 0 unspecified atom stereocenters. The van der Waals surface area contributed by atoms with Crippen molar-refractivity contribution in [2.45, 2.75) is 19.8 Å². The highest BCUT2D eigenvalue weighted by Crippen LogP contribution is 1.96. The molecule has 0 bridgehead atoms. The third kappa shape index (κ3) is 10.0. The molecule has 0 fully saturated rings. The van der Waals surface area contributed by atoms with Crippen LogP contribution in [0.4, 0.5) is 0 Å². The zero-order chi connectivity index (χ0) is 13.8. The molecular formula is C12H24N2O4. The molecule has 0 aliphatic rings. The molecule has 6 heteroatoms. The van der Waals surface area contributed by atoms with Gasteiger partial charge in [0.2, 0.25) is 0 Å². The molecule has 18 heavy (non-hydrogen) atoms. The van der Waals surface area contributed by atoms with Gasteiger partial charge in [-0.1, -0.05) is 6.92 Å². The zero-order valence-electron chi connectivity index (χ0n) is 11.5. The molecule has 0 aliphatic carbocycles. The first-order valence-electron chi connectivity index (χ1n) is 6.24. The second-order valence-electron chi connectivity index (χ2n) is 3.94. The molecule has 106 valence electrons. The number of nitrogens with zero attached hydrogens (tertiary/aromatic N) is 1. The van der Waals surface area contributed by atoms with E-state index in [1.54, 1.807) is 7.05 Å². The standard InChI is InChI=1S/C12H24N2O4/c1-4-14(3)8-10-18-12(16)6-5-11(15)17-9-7-13-2/h13H,4-10H2,1-3H3. The van der Waals surface area contributed by atoms with E-state index < -0.39 is 0 Å². The molecule has 0 radical (unpaired) electrons. The molecule has 1 N–H and O–H groups in total. The van der Waals surface area contributed by atoms with Gasteiger partial charge in [-0.15, -0.1) is 0 Å². The first kappa shape index (κ1) is 16.9. The van der Waals surface area contributed by atoms with Crippen LogP contribution in [0, 0.1) is 0 Å². The maximum atomic E-state index is 11.3. The van der Waals surface area contributed by atoms with E-state index >= 15 is 0 Å². The first-order valence-corrected chi connectivity index (χ1v) is 6.24. The lowest BCUT2D eigenvalue weighted by atomic mass is 10.3. The molecule has 6 nitrogen and oxygen atoms in total. The molecule has 0 spiro atoms. The molecule has 0 saturated carbocycles. The van der Waals surface area contributed by atoms with Gasteiger partial charge in [0.15, 0.2) is 0 Å². The third-order valence-electron chi connectivity index (χ3n) is 2.42. The van der Waals surface area contributed by atoms with E-state index in [2.05, 4.69) is 5.32 Å². The number of hydrogen-bond donors (Lipinski definition) is 1. The summed E-state index contributed by atoms with van der Waals surface area (Å²) >= 11 is 0. The van der Waals surface area contributed by atoms with Crippen LogP contribution in [0.15, 0.2) is 0 Å². The predicted octanol–water partition coefficient (Wildman–Crippen LogP) is 0.0241. The monoisotopic (exact) mass is 260 g/mol. The third-order valence-corrected chi connectivity index (χ3v) is 2.42. The minimum atomic E-state index is -0.368. The fraction of sp³-hybridized carbons (Fsp3) is 0.833. The van der Waals surface area contributed by atoms with Crippen LogP contribution < -0.4 is 5.32 Å². The van der Waals surface area contributed by atoms with Crippen molar-refractivity contribution in [2.24, 2.45) is 0 Å². The van der Waals surface area contributed by atoms with Crippen molar-refractivity contribution in [2.75, 3.05) is 46.9 Å². The van der Waals surface area contributed by atoms with Gasteiger partial charge in [-0.3, -0.25) is 9.59 Å². The molecule has 0 saturated heterocycles. The van der Waals surface area contributed by atoms with Crippen LogP contribution >= 0.6 is 0 Å². The Morgan fingerprint density at radius 2 is 1.67 bits per heavy atom. The summed E-state index contributed by atoms with van der Waals surface area (Å²) in [7, 11) is 3.73. The smallest absolute Gasteiger partial charge is 0.306 e. The number of likely N-dealkylation sites (N-methyl/N-ethyl adjacent to an activating group) is 2. The average molecular weight is 260 g/mol. The molecule has 0 amide bonds. The molecular weight excluding hydrogens is 236 g/mol. The van der Waals surface area contributed by atoms with Crippen LogP contribution in [0.2, 0.25) is 0 Å². The lowest BCUT2D eigenvalue weighted by Gasteiger charge is -2.13. The fourth-order valence-corrected chi connectivity index (χ4v) is 1.09. The fourth-order valence-electron chi connectivity index (χ4n) is 1.09. The molecule has 0 atom stereocenters. The van der Waals surface area contributed by atoms with Gasteiger partial charge in [-0.25, -0.2) is 0 Å². The number of carbonyl (C=O) groups excluding carboxylic acids is 2. The van der Waals surface area contributed by atoms with Crippen LogP contribution in [0.1, 0.15) is 19.8 Å². The Bertz CT molecular complexity index is 246. The minimum absolute atomic E-state index is 0.0756. The molecule has 0 aliphatic heterocycles. The van der Waals surface area contributed by atoms with Gasteiger partial charge >= 0.3 is 11.9 Å². The van der Waals surface area contributed by atoms with Crippen molar-refractivity contribution >= 4 is 11.9 Å². The van der Waals surface area contributed by atoms with Gasteiger partial charge in [-0.05, 0) is 20.6 Å². The topological polar surface area (TPSA) is 67.9 Å². The highest BCUT2D eigenvalue weighted by Gasteiger charge is 2.09. The highest BCUT2D eigenvalue weighted by molar-refractivity contribution is 5.77. The number of esters is 2. The van der Waals surface area contributed by atoms with Gasteiger partial charge in [0, 0.05) is 13.1 Å². The summed E-state index contributed by atoms with van der Waals surface area (Å²) in [6.07, 6.45) is 0.153. The van der Waals surface area contributed by atoms with Crippen LogP contribution in [0.3, 0.4) is 0 Å². The first-order chi connectivity index (χ1) is 8.60. The lowest BCUT2D eigenvalue weighted by Crippen LogP contribution is -2.24. The summed E-state index contributed by atoms with van der Waals surface area (Å²) in [4.78, 5) is 24.5. The largest absolute Gasteiger partial charge is 0.464 e. The Morgan fingerprint density at radius 3 is 2.17 bits per heavy atom.